The lowest BCUT2D eigenvalue weighted by Crippen LogP contribution is -2.10. The Labute approximate surface area is 124 Å². The molecule has 0 aliphatic carbocycles. The van der Waals surface area contributed by atoms with Crippen molar-refractivity contribution in [1.29, 1.82) is 0 Å². The van der Waals surface area contributed by atoms with Crippen LogP contribution in [0.15, 0.2) is 29.8 Å². The molecule has 0 unspecified atom stereocenters. The maximum atomic E-state index is 13.6. The predicted octanol–water partition coefficient (Wildman–Crippen LogP) is 3.22. The Balaban J connectivity index is 2.19. The largest absolute Gasteiger partial charge is 0.480 e. The zero-order valence-electron chi connectivity index (χ0n) is 11.3. The molecule has 0 saturated heterocycles. The standard InChI is InChI=1S/C15H13FN2O2S/c1-9-11(7-14-17-4-5-21-14)12-6-10(16)2-3-13(12)18(9)8-15(19)20/h2-6H,7-8H2,1H3,(H,19,20). The van der Waals surface area contributed by atoms with E-state index in [0.29, 0.717) is 6.42 Å². The van der Waals surface area contributed by atoms with E-state index in [2.05, 4.69) is 4.98 Å². The Morgan fingerprint density at radius 2 is 2.29 bits per heavy atom. The molecule has 0 aliphatic heterocycles. The molecular weight excluding hydrogens is 291 g/mol. The van der Waals surface area contributed by atoms with Crippen LogP contribution in [-0.4, -0.2) is 20.6 Å². The summed E-state index contributed by atoms with van der Waals surface area (Å²) in [5.74, 6) is -1.24. The first-order valence-corrected chi connectivity index (χ1v) is 7.31. The van der Waals surface area contributed by atoms with Gasteiger partial charge in [0, 0.05) is 34.6 Å². The molecule has 0 amide bonds. The van der Waals surface area contributed by atoms with Gasteiger partial charge >= 0.3 is 5.97 Å². The van der Waals surface area contributed by atoms with Crippen LogP contribution in [0, 0.1) is 12.7 Å². The third kappa shape index (κ3) is 2.54. The smallest absolute Gasteiger partial charge is 0.323 e. The number of nitrogens with zero attached hydrogens (tertiary/aromatic N) is 2. The van der Waals surface area contributed by atoms with Gasteiger partial charge in [-0.25, -0.2) is 9.37 Å². The fourth-order valence-corrected chi connectivity index (χ4v) is 3.21. The number of aliphatic carboxylic acids is 1. The minimum Gasteiger partial charge on any atom is -0.480 e. The molecule has 4 nitrogen and oxygen atoms in total. The van der Waals surface area contributed by atoms with Crippen LogP contribution in [0.1, 0.15) is 16.3 Å². The van der Waals surface area contributed by atoms with Gasteiger partial charge in [-0.05, 0) is 30.7 Å². The number of rotatable bonds is 4. The molecule has 0 saturated carbocycles. The van der Waals surface area contributed by atoms with Crippen molar-refractivity contribution in [3.8, 4) is 0 Å². The van der Waals surface area contributed by atoms with Crippen molar-refractivity contribution in [2.24, 2.45) is 0 Å². The van der Waals surface area contributed by atoms with Crippen molar-refractivity contribution in [2.45, 2.75) is 19.9 Å². The summed E-state index contributed by atoms with van der Waals surface area (Å²) < 4.78 is 15.3. The summed E-state index contributed by atoms with van der Waals surface area (Å²) >= 11 is 1.53. The first kappa shape index (κ1) is 13.8. The number of hydrogen-bond acceptors (Lipinski definition) is 3. The van der Waals surface area contributed by atoms with Crippen LogP contribution in [0.2, 0.25) is 0 Å². The molecule has 3 rings (SSSR count). The average molecular weight is 304 g/mol. The van der Waals surface area contributed by atoms with Gasteiger partial charge in [0.15, 0.2) is 0 Å². The number of aromatic nitrogens is 2. The van der Waals surface area contributed by atoms with Crippen LogP contribution < -0.4 is 0 Å². The number of benzene rings is 1. The zero-order chi connectivity index (χ0) is 15.0. The number of fused-ring (bicyclic) bond motifs is 1. The van der Waals surface area contributed by atoms with E-state index in [1.807, 2.05) is 12.3 Å². The van der Waals surface area contributed by atoms with Crippen LogP contribution in [0.25, 0.3) is 10.9 Å². The van der Waals surface area contributed by atoms with Gasteiger partial charge < -0.3 is 9.67 Å². The average Bonchev–Trinajstić information content (AvgIpc) is 3.01. The first-order valence-electron chi connectivity index (χ1n) is 6.43. The number of carbonyl (C=O) groups is 1. The van der Waals surface area contributed by atoms with Gasteiger partial charge in [-0.15, -0.1) is 11.3 Å². The minimum absolute atomic E-state index is 0.133. The number of hydrogen-bond donors (Lipinski definition) is 1. The number of carboxylic acids is 1. The van der Waals surface area contributed by atoms with Gasteiger partial charge in [-0.2, -0.15) is 0 Å². The van der Waals surface area contributed by atoms with Gasteiger partial charge in [-0.1, -0.05) is 0 Å². The van der Waals surface area contributed by atoms with E-state index < -0.39 is 5.97 Å². The Hall–Kier alpha value is -2.21. The Morgan fingerprint density at radius 3 is 2.95 bits per heavy atom. The molecule has 0 spiro atoms. The quantitative estimate of drug-likeness (QED) is 0.805. The summed E-state index contributed by atoms with van der Waals surface area (Å²) in [5.41, 5.74) is 2.51. The highest BCUT2D eigenvalue weighted by atomic mass is 32.1. The lowest BCUT2D eigenvalue weighted by atomic mass is 10.1. The van der Waals surface area contributed by atoms with Gasteiger partial charge in [0.25, 0.3) is 0 Å². The summed E-state index contributed by atoms with van der Waals surface area (Å²) in [4.78, 5) is 15.3. The Bertz CT molecular complexity index is 809. The highest BCUT2D eigenvalue weighted by molar-refractivity contribution is 7.09. The van der Waals surface area contributed by atoms with Crippen molar-refractivity contribution < 1.29 is 14.3 Å². The molecule has 3 aromatic rings. The summed E-state index contributed by atoms with van der Waals surface area (Å²) in [5, 5.41) is 12.6. The minimum atomic E-state index is -0.917. The number of halogens is 1. The van der Waals surface area contributed by atoms with Crippen LogP contribution >= 0.6 is 11.3 Å². The van der Waals surface area contributed by atoms with Crippen LogP contribution in [0.3, 0.4) is 0 Å². The molecule has 0 bridgehead atoms. The second-order valence-corrected chi connectivity index (χ2v) is 5.79. The summed E-state index contributed by atoms with van der Waals surface area (Å²) in [7, 11) is 0. The lowest BCUT2D eigenvalue weighted by molar-refractivity contribution is -0.137. The highest BCUT2D eigenvalue weighted by Gasteiger charge is 2.17. The van der Waals surface area contributed by atoms with E-state index in [1.54, 1.807) is 16.8 Å². The first-order chi connectivity index (χ1) is 10.1. The van der Waals surface area contributed by atoms with Crippen molar-refractivity contribution in [2.75, 3.05) is 0 Å². The molecular formula is C15H13FN2O2S. The molecule has 1 N–H and O–H groups in total. The monoisotopic (exact) mass is 304 g/mol. The van der Waals surface area contributed by atoms with Gasteiger partial charge in [-0.3, -0.25) is 4.79 Å². The third-order valence-electron chi connectivity index (χ3n) is 3.52. The van der Waals surface area contributed by atoms with E-state index in [4.69, 9.17) is 5.11 Å². The number of thiazole rings is 1. The van der Waals surface area contributed by atoms with E-state index in [0.717, 1.165) is 27.2 Å². The Morgan fingerprint density at radius 1 is 1.48 bits per heavy atom. The maximum absolute atomic E-state index is 13.6. The van der Waals surface area contributed by atoms with E-state index >= 15 is 0 Å². The number of carboxylic acid groups (broad SMARTS) is 1. The van der Waals surface area contributed by atoms with Crippen molar-refractivity contribution >= 4 is 28.2 Å². The topological polar surface area (TPSA) is 55.1 Å². The van der Waals surface area contributed by atoms with Crippen molar-refractivity contribution in [3.05, 3.63) is 51.9 Å². The SMILES string of the molecule is Cc1c(Cc2nccs2)c2cc(F)ccc2n1CC(=O)O. The van der Waals surface area contributed by atoms with Gasteiger partial charge in [0.1, 0.15) is 12.4 Å². The molecule has 0 aliphatic rings. The predicted molar refractivity (Wildman–Crippen MR) is 79.2 cm³/mol. The highest BCUT2D eigenvalue weighted by Crippen LogP contribution is 2.29. The molecule has 2 aromatic heterocycles. The molecule has 21 heavy (non-hydrogen) atoms. The Kier molecular flexibility index (Phi) is 3.47. The normalized spacial score (nSPS) is 11.1. The fourth-order valence-electron chi connectivity index (χ4n) is 2.58. The van der Waals surface area contributed by atoms with Gasteiger partial charge in [0.2, 0.25) is 0 Å². The summed E-state index contributed by atoms with van der Waals surface area (Å²) in [6.45, 7) is 1.73. The van der Waals surface area contributed by atoms with Crippen molar-refractivity contribution in [3.63, 3.8) is 0 Å². The second-order valence-electron chi connectivity index (χ2n) is 4.81. The van der Waals surface area contributed by atoms with E-state index in [1.165, 1.54) is 23.5 Å². The second kappa shape index (κ2) is 5.29. The zero-order valence-corrected chi connectivity index (χ0v) is 12.2. The van der Waals surface area contributed by atoms with Crippen molar-refractivity contribution in [1.82, 2.24) is 9.55 Å². The maximum Gasteiger partial charge on any atom is 0.323 e. The molecule has 108 valence electrons. The third-order valence-corrected chi connectivity index (χ3v) is 4.30. The van der Waals surface area contributed by atoms with Crippen LogP contribution in [-0.2, 0) is 17.8 Å². The van der Waals surface area contributed by atoms with E-state index in [9.17, 15) is 9.18 Å². The molecule has 1 aromatic carbocycles. The molecule has 0 atom stereocenters. The van der Waals surface area contributed by atoms with Crippen LogP contribution in [0.4, 0.5) is 4.39 Å². The van der Waals surface area contributed by atoms with Crippen LogP contribution in [0.5, 0.6) is 0 Å². The lowest BCUT2D eigenvalue weighted by Gasteiger charge is -2.04. The fraction of sp³-hybridized carbons (Fsp3) is 0.200. The summed E-state index contributed by atoms with van der Waals surface area (Å²) in [6, 6.07) is 4.45. The molecule has 0 radical (unpaired) electrons. The molecule has 0 fully saturated rings. The van der Waals surface area contributed by atoms with E-state index in [-0.39, 0.29) is 12.4 Å². The van der Waals surface area contributed by atoms with Gasteiger partial charge in [0.05, 0.1) is 5.01 Å². The summed E-state index contributed by atoms with van der Waals surface area (Å²) in [6.07, 6.45) is 2.31. The molecule has 2 heterocycles. The molecule has 6 heteroatoms.